The zero-order valence-electron chi connectivity index (χ0n) is 24.2. The molecule has 5 rings (SSSR count). The van der Waals surface area contributed by atoms with E-state index in [9.17, 15) is 22.8 Å². The van der Waals surface area contributed by atoms with E-state index in [0.29, 0.717) is 36.3 Å². The molecule has 1 saturated carbocycles. The van der Waals surface area contributed by atoms with Crippen molar-refractivity contribution in [3.63, 3.8) is 0 Å². The van der Waals surface area contributed by atoms with Gasteiger partial charge in [-0.15, -0.1) is 0 Å². The minimum absolute atomic E-state index is 0.0636. The first-order valence-corrected chi connectivity index (χ1v) is 14.8. The average molecular weight is 571 g/mol. The number of hydrogen-bond acceptors (Lipinski definition) is 3. The molecular weight excluding hydrogens is 529 g/mol. The van der Waals surface area contributed by atoms with Crippen LogP contribution in [0.5, 0.6) is 0 Å². The standard InChI is InChI=1S/C32H41F3N4O2/c1-22-4-14-27(15-5-22)36(2)28-16-18-38(20-28)31(41)39-19-17-29(21-39)37(3)30(40)25-8-6-23(7-9-25)24-10-12-26(13-11-24)32(33,34)35/h6-13,22,27-29H,4-5,14-21H2,1-3H3/t22?,27?,28-,29+/m1/s1. The molecule has 0 aromatic heterocycles. The summed E-state index contributed by atoms with van der Waals surface area (Å²) in [4.78, 5) is 34.7. The average Bonchev–Trinajstić information content (AvgIpc) is 3.67. The Balaban J connectivity index is 1.13. The van der Waals surface area contributed by atoms with Crippen LogP contribution in [0, 0.1) is 5.92 Å². The van der Waals surface area contributed by atoms with Gasteiger partial charge in [0.25, 0.3) is 5.91 Å². The van der Waals surface area contributed by atoms with Gasteiger partial charge in [-0.05, 0) is 86.9 Å². The number of likely N-dealkylation sites (tertiary alicyclic amines) is 2. The Labute approximate surface area is 241 Å². The Morgan fingerprint density at radius 1 is 0.732 bits per heavy atom. The summed E-state index contributed by atoms with van der Waals surface area (Å²) >= 11 is 0. The predicted molar refractivity (Wildman–Crippen MR) is 154 cm³/mol. The van der Waals surface area contributed by atoms with Crippen molar-refractivity contribution >= 4 is 11.9 Å². The van der Waals surface area contributed by atoms with E-state index in [0.717, 1.165) is 49.5 Å². The maximum Gasteiger partial charge on any atom is 0.416 e. The molecule has 2 aliphatic heterocycles. The number of carbonyl (C=O) groups excluding carboxylic acids is 2. The van der Waals surface area contributed by atoms with Crippen LogP contribution in [0.15, 0.2) is 48.5 Å². The monoisotopic (exact) mass is 570 g/mol. The summed E-state index contributed by atoms with van der Waals surface area (Å²) < 4.78 is 38.6. The first kappa shape index (κ1) is 29.4. The molecule has 3 aliphatic rings. The van der Waals surface area contributed by atoms with Crippen molar-refractivity contribution in [3.05, 3.63) is 59.7 Å². The molecule has 1 aliphatic carbocycles. The highest BCUT2D eigenvalue weighted by molar-refractivity contribution is 5.95. The van der Waals surface area contributed by atoms with E-state index in [1.165, 1.54) is 37.8 Å². The Bertz CT molecular complexity index is 1210. The van der Waals surface area contributed by atoms with Crippen molar-refractivity contribution in [2.24, 2.45) is 5.92 Å². The van der Waals surface area contributed by atoms with Gasteiger partial charge in [-0.3, -0.25) is 9.69 Å². The van der Waals surface area contributed by atoms with E-state index in [1.54, 1.807) is 36.2 Å². The Kier molecular flexibility index (Phi) is 8.64. The fourth-order valence-electron chi connectivity index (χ4n) is 6.65. The normalized spacial score (nSPS) is 25.1. The van der Waals surface area contributed by atoms with E-state index in [1.807, 2.05) is 9.80 Å². The van der Waals surface area contributed by atoms with Crippen LogP contribution in [0.3, 0.4) is 0 Å². The second-order valence-corrected chi connectivity index (χ2v) is 12.2. The smallest absolute Gasteiger partial charge is 0.337 e. The van der Waals surface area contributed by atoms with Crippen molar-refractivity contribution in [1.82, 2.24) is 19.6 Å². The van der Waals surface area contributed by atoms with Crippen LogP contribution in [-0.2, 0) is 6.18 Å². The second kappa shape index (κ2) is 12.0. The van der Waals surface area contributed by atoms with Crippen LogP contribution in [0.25, 0.3) is 11.1 Å². The van der Waals surface area contributed by atoms with Gasteiger partial charge < -0.3 is 14.7 Å². The molecule has 0 N–H and O–H groups in total. The predicted octanol–water partition coefficient (Wildman–Crippen LogP) is 6.22. The largest absolute Gasteiger partial charge is 0.416 e. The summed E-state index contributed by atoms with van der Waals surface area (Å²) in [5.74, 6) is 0.689. The summed E-state index contributed by atoms with van der Waals surface area (Å²) in [6, 6.07) is 13.0. The van der Waals surface area contributed by atoms with Crippen molar-refractivity contribution in [1.29, 1.82) is 0 Å². The van der Waals surface area contributed by atoms with Crippen molar-refractivity contribution in [2.45, 2.75) is 69.8 Å². The number of rotatable bonds is 5. The highest BCUT2D eigenvalue weighted by atomic mass is 19.4. The molecule has 9 heteroatoms. The number of benzene rings is 2. The second-order valence-electron chi connectivity index (χ2n) is 12.2. The SMILES string of the molecule is CC1CCC(N(C)[C@@H]2CCN(C(=O)N3CC[C@H](N(C)C(=O)c4ccc(-c5ccc(C(F)(F)F)cc5)cc4)C3)C2)CC1. The number of hydrogen-bond donors (Lipinski definition) is 0. The first-order valence-electron chi connectivity index (χ1n) is 14.8. The van der Waals surface area contributed by atoms with Crippen LogP contribution in [0.2, 0.25) is 0 Å². The summed E-state index contributed by atoms with van der Waals surface area (Å²) in [6.07, 6.45) is 2.43. The molecule has 41 heavy (non-hydrogen) atoms. The lowest BCUT2D eigenvalue weighted by Gasteiger charge is -2.37. The molecule has 2 heterocycles. The van der Waals surface area contributed by atoms with Gasteiger partial charge in [0, 0.05) is 50.9 Å². The van der Waals surface area contributed by atoms with Gasteiger partial charge in [0.1, 0.15) is 0 Å². The molecule has 2 aromatic carbocycles. The Morgan fingerprint density at radius 2 is 1.24 bits per heavy atom. The highest BCUT2D eigenvalue weighted by Gasteiger charge is 2.38. The molecule has 2 atom stereocenters. The van der Waals surface area contributed by atoms with Gasteiger partial charge in [-0.25, -0.2) is 4.79 Å². The maximum atomic E-state index is 13.4. The minimum atomic E-state index is -4.37. The quantitative estimate of drug-likeness (QED) is 0.429. The minimum Gasteiger partial charge on any atom is -0.337 e. The molecule has 0 spiro atoms. The Hall–Kier alpha value is -3.07. The number of halogens is 3. The van der Waals surface area contributed by atoms with Gasteiger partial charge in [0.05, 0.1) is 11.6 Å². The summed E-state index contributed by atoms with van der Waals surface area (Å²) in [6.45, 7) is 5.03. The van der Waals surface area contributed by atoms with Crippen LogP contribution in [0.4, 0.5) is 18.0 Å². The Morgan fingerprint density at radius 3 is 1.80 bits per heavy atom. The summed E-state index contributed by atoms with van der Waals surface area (Å²) in [5.41, 5.74) is 1.21. The van der Waals surface area contributed by atoms with Gasteiger partial charge in [0.2, 0.25) is 0 Å². The molecule has 2 saturated heterocycles. The third-order valence-electron chi connectivity index (χ3n) is 9.55. The zero-order chi connectivity index (χ0) is 29.3. The summed E-state index contributed by atoms with van der Waals surface area (Å²) in [5, 5.41) is 0. The van der Waals surface area contributed by atoms with Crippen LogP contribution >= 0.6 is 0 Å². The number of urea groups is 1. The van der Waals surface area contributed by atoms with E-state index >= 15 is 0 Å². The fourth-order valence-corrected chi connectivity index (χ4v) is 6.65. The maximum absolute atomic E-state index is 13.4. The van der Waals surface area contributed by atoms with Gasteiger partial charge in [0.15, 0.2) is 0 Å². The van der Waals surface area contributed by atoms with Gasteiger partial charge >= 0.3 is 12.2 Å². The number of amides is 3. The van der Waals surface area contributed by atoms with Crippen LogP contribution < -0.4 is 0 Å². The van der Waals surface area contributed by atoms with Crippen molar-refractivity contribution in [3.8, 4) is 11.1 Å². The molecule has 0 radical (unpaired) electrons. The highest BCUT2D eigenvalue weighted by Crippen LogP contribution is 2.32. The molecular formula is C32H41F3N4O2. The molecule has 3 fully saturated rings. The van der Waals surface area contributed by atoms with Crippen molar-refractivity contribution in [2.75, 3.05) is 40.3 Å². The topological polar surface area (TPSA) is 47.1 Å². The van der Waals surface area contributed by atoms with Crippen LogP contribution in [-0.4, -0.2) is 89.9 Å². The van der Waals surface area contributed by atoms with Crippen molar-refractivity contribution < 1.29 is 22.8 Å². The summed E-state index contributed by atoms with van der Waals surface area (Å²) in [7, 11) is 4.00. The molecule has 0 unspecified atom stereocenters. The molecule has 6 nitrogen and oxygen atoms in total. The lowest BCUT2D eigenvalue weighted by molar-refractivity contribution is -0.137. The van der Waals surface area contributed by atoms with E-state index < -0.39 is 11.7 Å². The zero-order valence-corrected chi connectivity index (χ0v) is 24.2. The van der Waals surface area contributed by atoms with E-state index in [-0.39, 0.29) is 18.0 Å². The molecule has 3 amide bonds. The lowest BCUT2D eigenvalue weighted by atomic mass is 9.86. The number of alkyl halides is 3. The molecule has 0 bridgehead atoms. The third-order valence-corrected chi connectivity index (χ3v) is 9.55. The van der Waals surface area contributed by atoms with Crippen LogP contribution in [0.1, 0.15) is 61.4 Å². The molecule has 2 aromatic rings. The number of nitrogens with zero attached hydrogens (tertiary/aromatic N) is 4. The molecule has 222 valence electrons. The number of likely N-dealkylation sites (N-methyl/N-ethyl adjacent to an activating group) is 2. The van der Waals surface area contributed by atoms with E-state index in [4.69, 9.17) is 0 Å². The third kappa shape index (κ3) is 6.55. The first-order chi connectivity index (χ1) is 19.5. The van der Waals surface area contributed by atoms with Gasteiger partial charge in [-0.1, -0.05) is 31.2 Å². The van der Waals surface area contributed by atoms with E-state index in [2.05, 4.69) is 18.9 Å². The van der Waals surface area contributed by atoms with Gasteiger partial charge in [-0.2, -0.15) is 13.2 Å². The lowest BCUT2D eigenvalue weighted by Crippen LogP contribution is -2.46. The number of carbonyl (C=O) groups is 2. The fraction of sp³-hybridized carbons (Fsp3) is 0.562.